The molecule has 0 saturated heterocycles. The molecule has 0 bridgehead atoms. The Balaban J connectivity index is 1.53. The van der Waals surface area contributed by atoms with Crippen LogP contribution in [0.3, 0.4) is 0 Å². The molecule has 0 unspecified atom stereocenters. The third kappa shape index (κ3) is 8.26. The van der Waals surface area contributed by atoms with Gasteiger partial charge in [-0.3, -0.25) is 4.79 Å². The van der Waals surface area contributed by atoms with Gasteiger partial charge in [0.2, 0.25) is 0 Å². The highest BCUT2D eigenvalue weighted by Crippen LogP contribution is 2.16. The molecular weight excluding hydrogens is 348 g/mol. The molecule has 0 aliphatic heterocycles. The molecule has 0 aliphatic rings. The maximum absolute atomic E-state index is 12.0. The third-order valence-electron chi connectivity index (χ3n) is 4.63. The van der Waals surface area contributed by atoms with Crippen LogP contribution in [-0.2, 0) is 17.6 Å². The number of ketones is 1. The Labute approximate surface area is 168 Å². The van der Waals surface area contributed by atoms with Crippen LogP contribution < -0.4 is 9.47 Å². The number of ether oxygens (including phenoxy) is 2. The van der Waals surface area contributed by atoms with Crippen LogP contribution in [0.4, 0.5) is 0 Å². The summed E-state index contributed by atoms with van der Waals surface area (Å²) in [6.45, 7) is 7.09. The molecule has 0 spiro atoms. The first-order valence-electron chi connectivity index (χ1n) is 9.96. The summed E-state index contributed by atoms with van der Waals surface area (Å²) < 4.78 is 10.4. The predicted octanol–water partition coefficient (Wildman–Crippen LogP) is 6.43. The summed E-state index contributed by atoms with van der Waals surface area (Å²) in [7, 11) is 0. The zero-order valence-electron chi connectivity index (χ0n) is 16.6. The lowest BCUT2D eigenvalue weighted by molar-refractivity contribution is -0.119. The Kier molecular flexibility index (Phi) is 9.64. The van der Waals surface area contributed by atoms with E-state index in [1.165, 1.54) is 23.7 Å². The van der Waals surface area contributed by atoms with Crippen LogP contribution in [0.1, 0.15) is 49.7 Å². The minimum Gasteiger partial charge on any atom is -0.466 e. The Morgan fingerprint density at radius 2 is 1.07 bits per heavy atom. The van der Waals surface area contributed by atoms with E-state index >= 15 is 0 Å². The number of benzene rings is 2. The van der Waals surface area contributed by atoms with Crippen LogP contribution in [0.15, 0.2) is 74.2 Å². The Bertz CT molecular complexity index is 666. The second kappa shape index (κ2) is 12.6. The smallest absolute Gasteiger partial charge is 0.132 e. The first-order chi connectivity index (χ1) is 13.7. The van der Waals surface area contributed by atoms with Crippen LogP contribution in [-0.4, -0.2) is 5.78 Å². The monoisotopic (exact) mass is 378 g/mol. The van der Waals surface area contributed by atoms with Crippen molar-refractivity contribution in [3.05, 3.63) is 85.3 Å². The van der Waals surface area contributed by atoms with Gasteiger partial charge < -0.3 is 9.47 Å². The molecule has 148 valence electrons. The van der Waals surface area contributed by atoms with Gasteiger partial charge in [-0.2, -0.15) is 0 Å². The molecule has 28 heavy (non-hydrogen) atoms. The van der Waals surface area contributed by atoms with Crippen molar-refractivity contribution in [3.8, 4) is 11.5 Å². The van der Waals surface area contributed by atoms with Gasteiger partial charge in [0.1, 0.15) is 17.3 Å². The molecule has 3 heteroatoms. The second-order valence-corrected chi connectivity index (χ2v) is 6.81. The molecule has 0 aromatic heterocycles. The second-order valence-electron chi connectivity index (χ2n) is 6.81. The standard InChI is InChI=1S/C25H30O3/c1-3-27-24-17-13-21(14-18-24)9-5-7-11-23(26)12-8-6-10-22-15-19-25(20-16-22)28-4-2/h3-4,13-20H,1-2,5-12H2. The number of hydrogen-bond acceptors (Lipinski definition) is 3. The molecule has 0 atom stereocenters. The van der Waals surface area contributed by atoms with E-state index in [9.17, 15) is 4.79 Å². The van der Waals surface area contributed by atoms with E-state index < -0.39 is 0 Å². The summed E-state index contributed by atoms with van der Waals surface area (Å²) in [6.07, 6.45) is 10.2. The van der Waals surface area contributed by atoms with Crippen LogP contribution in [0.25, 0.3) is 0 Å². The molecule has 0 amide bonds. The molecule has 0 N–H and O–H groups in total. The lowest BCUT2D eigenvalue weighted by Crippen LogP contribution is -1.99. The summed E-state index contributed by atoms with van der Waals surface area (Å²) >= 11 is 0. The quantitative estimate of drug-likeness (QED) is 0.281. The SMILES string of the molecule is C=COc1ccc(CCCCC(=O)CCCCc2ccc(OC=C)cc2)cc1. The van der Waals surface area contributed by atoms with Crippen LogP contribution >= 0.6 is 0 Å². The molecule has 2 rings (SSSR count). The summed E-state index contributed by atoms with van der Waals surface area (Å²) in [4.78, 5) is 12.0. The topological polar surface area (TPSA) is 35.5 Å². The van der Waals surface area contributed by atoms with E-state index in [-0.39, 0.29) is 0 Å². The molecule has 2 aromatic rings. The van der Waals surface area contributed by atoms with E-state index in [0.717, 1.165) is 50.0 Å². The Morgan fingerprint density at radius 3 is 1.43 bits per heavy atom. The van der Waals surface area contributed by atoms with Gasteiger partial charge in [0.25, 0.3) is 0 Å². The van der Waals surface area contributed by atoms with Gasteiger partial charge in [-0.1, -0.05) is 37.4 Å². The summed E-state index contributed by atoms with van der Waals surface area (Å²) in [5.74, 6) is 1.98. The zero-order chi connectivity index (χ0) is 20.0. The van der Waals surface area contributed by atoms with Gasteiger partial charge in [-0.15, -0.1) is 0 Å². The highest BCUT2D eigenvalue weighted by molar-refractivity contribution is 5.78. The molecule has 2 aromatic carbocycles. The van der Waals surface area contributed by atoms with Crippen molar-refractivity contribution in [2.45, 2.75) is 51.4 Å². The minimum absolute atomic E-state index is 0.379. The van der Waals surface area contributed by atoms with Gasteiger partial charge in [-0.25, -0.2) is 0 Å². The van der Waals surface area contributed by atoms with Crippen molar-refractivity contribution in [3.63, 3.8) is 0 Å². The van der Waals surface area contributed by atoms with Crippen LogP contribution in [0.5, 0.6) is 11.5 Å². The van der Waals surface area contributed by atoms with E-state index in [1.807, 2.05) is 24.3 Å². The van der Waals surface area contributed by atoms with E-state index in [2.05, 4.69) is 37.4 Å². The van der Waals surface area contributed by atoms with Crippen molar-refractivity contribution >= 4 is 5.78 Å². The summed E-state index contributed by atoms with van der Waals surface area (Å²) in [5.41, 5.74) is 2.54. The first-order valence-corrected chi connectivity index (χ1v) is 9.96. The average Bonchev–Trinajstić information content (AvgIpc) is 2.71. The number of carbonyl (C=O) groups is 1. The summed E-state index contributed by atoms with van der Waals surface area (Å²) in [6, 6.07) is 16.1. The van der Waals surface area contributed by atoms with E-state index in [0.29, 0.717) is 18.6 Å². The van der Waals surface area contributed by atoms with Crippen molar-refractivity contribution in [2.75, 3.05) is 0 Å². The molecule has 0 aliphatic carbocycles. The molecular formula is C25H30O3. The van der Waals surface area contributed by atoms with Gasteiger partial charge in [0.15, 0.2) is 0 Å². The maximum atomic E-state index is 12.0. The van der Waals surface area contributed by atoms with Gasteiger partial charge >= 0.3 is 0 Å². The van der Waals surface area contributed by atoms with E-state index in [1.54, 1.807) is 0 Å². The third-order valence-corrected chi connectivity index (χ3v) is 4.63. The van der Waals surface area contributed by atoms with Gasteiger partial charge in [0, 0.05) is 12.8 Å². The molecule has 0 heterocycles. The highest BCUT2D eigenvalue weighted by atomic mass is 16.5. The first kappa shape index (κ1) is 21.5. The largest absolute Gasteiger partial charge is 0.466 e. The number of hydrogen-bond donors (Lipinski definition) is 0. The fraction of sp³-hybridized carbons (Fsp3) is 0.320. The molecule has 3 nitrogen and oxygen atoms in total. The molecule has 0 saturated carbocycles. The lowest BCUT2D eigenvalue weighted by atomic mass is 10.0. The van der Waals surface area contributed by atoms with Crippen LogP contribution in [0, 0.1) is 0 Å². The highest BCUT2D eigenvalue weighted by Gasteiger charge is 2.03. The van der Waals surface area contributed by atoms with Crippen molar-refractivity contribution in [1.29, 1.82) is 0 Å². The number of carbonyl (C=O) groups excluding carboxylic acids is 1. The zero-order valence-corrected chi connectivity index (χ0v) is 16.6. The van der Waals surface area contributed by atoms with Gasteiger partial charge in [-0.05, 0) is 73.9 Å². The average molecular weight is 379 g/mol. The number of unbranched alkanes of at least 4 members (excludes halogenated alkanes) is 2. The number of aryl methyl sites for hydroxylation is 2. The minimum atomic E-state index is 0.379. The number of rotatable bonds is 14. The van der Waals surface area contributed by atoms with E-state index in [4.69, 9.17) is 9.47 Å². The maximum Gasteiger partial charge on any atom is 0.132 e. The van der Waals surface area contributed by atoms with Gasteiger partial charge in [0.05, 0.1) is 12.5 Å². The van der Waals surface area contributed by atoms with Crippen molar-refractivity contribution in [2.24, 2.45) is 0 Å². The molecule has 0 fully saturated rings. The van der Waals surface area contributed by atoms with Crippen molar-refractivity contribution in [1.82, 2.24) is 0 Å². The predicted molar refractivity (Wildman–Crippen MR) is 115 cm³/mol. The molecule has 0 radical (unpaired) electrons. The van der Waals surface area contributed by atoms with Crippen LogP contribution in [0.2, 0.25) is 0 Å². The number of Topliss-reactive ketones (excluding diaryl/α,β-unsaturated/α-hetero) is 1. The summed E-state index contributed by atoms with van der Waals surface area (Å²) in [5, 5.41) is 0. The Morgan fingerprint density at radius 1 is 0.679 bits per heavy atom. The Hall–Kier alpha value is -2.81. The fourth-order valence-electron chi connectivity index (χ4n) is 3.09. The fourth-order valence-corrected chi connectivity index (χ4v) is 3.09. The normalized spacial score (nSPS) is 10.3. The van der Waals surface area contributed by atoms with Crippen molar-refractivity contribution < 1.29 is 14.3 Å². The lowest BCUT2D eigenvalue weighted by Gasteiger charge is -2.05.